The zero-order valence-electron chi connectivity index (χ0n) is 18.7. The number of hydrogen-bond donors (Lipinski definition) is 1. The van der Waals surface area contributed by atoms with Gasteiger partial charge in [-0.15, -0.1) is 0 Å². The molecule has 0 aliphatic carbocycles. The third kappa shape index (κ3) is 10.2. The van der Waals surface area contributed by atoms with Crippen LogP contribution in [-0.4, -0.2) is 24.0 Å². The number of rotatable bonds is 12. The van der Waals surface area contributed by atoms with Gasteiger partial charge in [0, 0.05) is 24.1 Å². The van der Waals surface area contributed by atoms with E-state index >= 15 is 0 Å². The summed E-state index contributed by atoms with van der Waals surface area (Å²) < 4.78 is 5.78. The average molecular weight is 409 g/mol. The van der Waals surface area contributed by atoms with Crippen molar-refractivity contribution in [1.82, 2.24) is 10.3 Å². The highest BCUT2D eigenvalue weighted by atomic mass is 16.5. The van der Waals surface area contributed by atoms with Gasteiger partial charge >= 0.3 is 0 Å². The molecule has 1 amide bonds. The molecule has 0 saturated carbocycles. The zero-order valence-corrected chi connectivity index (χ0v) is 18.7. The highest BCUT2D eigenvalue weighted by molar-refractivity contribution is 5.87. The number of para-hydroxylation sites is 1. The van der Waals surface area contributed by atoms with Crippen LogP contribution in [0.4, 0.5) is 0 Å². The van der Waals surface area contributed by atoms with Crippen molar-refractivity contribution >= 4 is 16.8 Å². The fourth-order valence-electron chi connectivity index (χ4n) is 2.93. The minimum absolute atomic E-state index is 0.0318. The third-order valence-corrected chi connectivity index (χ3v) is 4.63. The summed E-state index contributed by atoms with van der Waals surface area (Å²) >= 11 is 0. The second-order valence-corrected chi connectivity index (χ2v) is 8.81. The fraction of sp³-hybridized carbons (Fsp3) is 0.462. The number of amides is 1. The number of pyridine rings is 1. The van der Waals surface area contributed by atoms with Gasteiger partial charge in [0.15, 0.2) is 0 Å². The molecular weight excluding hydrogens is 372 g/mol. The highest BCUT2D eigenvalue weighted by Gasteiger charge is 2.10. The van der Waals surface area contributed by atoms with Crippen LogP contribution < -0.4 is 10.1 Å². The summed E-state index contributed by atoms with van der Waals surface area (Å²) in [6.07, 6.45) is 14.4. The molecule has 0 saturated heterocycles. The largest absolute Gasteiger partial charge is 0.478 e. The molecule has 0 fully saturated rings. The van der Waals surface area contributed by atoms with E-state index in [2.05, 4.69) is 49.3 Å². The Morgan fingerprint density at radius 1 is 1.00 bits per heavy atom. The number of nitrogens with zero attached hydrogens (tertiary/aromatic N) is 1. The Bertz CT molecular complexity index is 834. The maximum absolute atomic E-state index is 11.7. The Morgan fingerprint density at radius 3 is 2.60 bits per heavy atom. The molecule has 2 aromatic rings. The van der Waals surface area contributed by atoms with Crippen molar-refractivity contribution in [3.05, 3.63) is 60.7 Å². The normalized spacial score (nSPS) is 12.1. The Labute approximate surface area is 181 Å². The zero-order chi connectivity index (χ0) is 21.7. The Morgan fingerprint density at radius 2 is 1.77 bits per heavy atom. The van der Waals surface area contributed by atoms with Crippen LogP contribution in [0.25, 0.3) is 10.9 Å². The summed E-state index contributed by atoms with van der Waals surface area (Å²) in [5.41, 5.74) is 1.09. The molecule has 0 radical (unpaired) electrons. The van der Waals surface area contributed by atoms with E-state index in [9.17, 15) is 4.79 Å². The van der Waals surface area contributed by atoms with Gasteiger partial charge in [0.05, 0.1) is 12.1 Å². The number of benzene rings is 1. The molecule has 30 heavy (non-hydrogen) atoms. The number of hydrogen-bond acceptors (Lipinski definition) is 3. The Kier molecular flexibility index (Phi) is 10.1. The van der Waals surface area contributed by atoms with E-state index in [0.717, 1.165) is 23.7 Å². The molecule has 0 spiro atoms. The van der Waals surface area contributed by atoms with E-state index in [1.807, 2.05) is 36.4 Å². The summed E-state index contributed by atoms with van der Waals surface area (Å²) in [6.45, 7) is 7.71. The predicted octanol–water partition coefficient (Wildman–Crippen LogP) is 6.23. The second-order valence-electron chi connectivity index (χ2n) is 8.81. The second kappa shape index (κ2) is 12.8. The molecular formula is C26H36N2O2. The first-order chi connectivity index (χ1) is 14.4. The van der Waals surface area contributed by atoms with Crippen LogP contribution in [0.3, 0.4) is 0 Å². The maximum Gasteiger partial charge on any atom is 0.243 e. The SMILES string of the molecule is CC(C)(C)CNC(=O)C=CC=CCCCCCCCOc1ccc2ccccc2n1. The van der Waals surface area contributed by atoms with Crippen molar-refractivity contribution in [2.45, 2.75) is 59.3 Å². The lowest BCUT2D eigenvalue weighted by Crippen LogP contribution is -2.30. The van der Waals surface area contributed by atoms with Gasteiger partial charge in [-0.05, 0) is 36.8 Å². The van der Waals surface area contributed by atoms with Crippen LogP contribution in [0.1, 0.15) is 59.3 Å². The molecule has 0 bridgehead atoms. The van der Waals surface area contributed by atoms with Crippen molar-refractivity contribution < 1.29 is 9.53 Å². The van der Waals surface area contributed by atoms with Crippen LogP contribution in [0.15, 0.2) is 60.7 Å². The molecule has 0 unspecified atom stereocenters. The third-order valence-electron chi connectivity index (χ3n) is 4.63. The van der Waals surface area contributed by atoms with Crippen molar-refractivity contribution in [2.75, 3.05) is 13.2 Å². The van der Waals surface area contributed by atoms with Crippen molar-refractivity contribution in [3.8, 4) is 5.88 Å². The van der Waals surface area contributed by atoms with E-state index in [1.54, 1.807) is 6.08 Å². The quantitative estimate of drug-likeness (QED) is 0.257. The van der Waals surface area contributed by atoms with Crippen molar-refractivity contribution in [3.63, 3.8) is 0 Å². The number of nitrogens with one attached hydrogen (secondary N) is 1. The van der Waals surface area contributed by atoms with Gasteiger partial charge in [0.25, 0.3) is 0 Å². The summed E-state index contributed by atoms with van der Waals surface area (Å²) in [6, 6.07) is 12.1. The van der Waals surface area contributed by atoms with E-state index in [1.165, 1.54) is 25.7 Å². The molecule has 0 aliphatic rings. The lowest BCUT2D eigenvalue weighted by molar-refractivity contribution is -0.116. The van der Waals surface area contributed by atoms with Crippen LogP contribution in [0.5, 0.6) is 5.88 Å². The maximum atomic E-state index is 11.7. The van der Waals surface area contributed by atoms with E-state index in [-0.39, 0.29) is 11.3 Å². The lowest BCUT2D eigenvalue weighted by Gasteiger charge is -2.17. The van der Waals surface area contributed by atoms with E-state index in [4.69, 9.17) is 4.74 Å². The summed E-state index contributed by atoms with van der Waals surface area (Å²) in [4.78, 5) is 16.2. The predicted molar refractivity (Wildman–Crippen MR) is 126 cm³/mol. The molecule has 1 heterocycles. The molecule has 1 aromatic carbocycles. The van der Waals surface area contributed by atoms with Crippen LogP contribution in [0, 0.1) is 5.41 Å². The molecule has 162 valence electrons. The Balaban J connectivity index is 1.46. The summed E-state index contributed by atoms with van der Waals surface area (Å²) in [5, 5.41) is 4.04. The smallest absolute Gasteiger partial charge is 0.243 e. The van der Waals surface area contributed by atoms with Crippen LogP contribution in [0.2, 0.25) is 0 Å². The molecule has 0 aliphatic heterocycles. The number of unbranched alkanes of at least 4 members (excludes halogenated alkanes) is 5. The first kappa shape index (κ1) is 23.7. The molecule has 0 atom stereocenters. The van der Waals surface area contributed by atoms with Gasteiger partial charge in [-0.2, -0.15) is 0 Å². The Hall–Kier alpha value is -2.62. The van der Waals surface area contributed by atoms with Crippen LogP contribution >= 0.6 is 0 Å². The van der Waals surface area contributed by atoms with Crippen LogP contribution in [-0.2, 0) is 4.79 Å². The molecule has 4 heteroatoms. The van der Waals surface area contributed by atoms with Crippen molar-refractivity contribution in [1.29, 1.82) is 0 Å². The standard InChI is InChI=1S/C26H36N2O2/c1-26(2,3)21-27-24(29)17-11-9-7-5-4-6-8-10-14-20-30-25-19-18-22-15-12-13-16-23(22)28-25/h7,9,11-13,15-19H,4-6,8,10,14,20-21H2,1-3H3,(H,27,29). The average Bonchev–Trinajstić information content (AvgIpc) is 2.72. The molecule has 2 rings (SSSR count). The van der Waals surface area contributed by atoms with Gasteiger partial charge in [0.2, 0.25) is 11.8 Å². The van der Waals surface area contributed by atoms with Gasteiger partial charge in [-0.3, -0.25) is 4.79 Å². The number of carbonyl (C=O) groups is 1. The first-order valence-electron chi connectivity index (χ1n) is 11.0. The lowest BCUT2D eigenvalue weighted by atomic mass is 9.97. The first-order valence-corrected chi connectivity index (χ1v) is 11.0. The van der Waals surface area contributed by atoms with E-state index < -0.39 is 0 Å². The number of aromatic nitrogens is 1. The minimum Gasteiger partial charge on any atom is -0.478 e. The number of allylic oxidation sites excluding steroid dienone is 3. The van der Waals surface area contributed by atoms with Gasteiger partial charge < -0.3 is 10.1 Å². The number of carbonyl (C=O) groups excluding carboxylic acids is 1. The number of fused-ring (bicyclic) bond motifs is 1. The van der Waals surface area contributed by atoms with E-state index in [0.29, 0.717) is 19.0 Å². The topological polar surface area (TPSA) is 51.2 Å². The monoisotopic (exact) mass is 408 g/mol. The van der Waals surface area contributed by atoms with Gasteiger partial charge in [-0.1, -0.05) is 76.5 Å². The molecule has 1 aromatic heterocycles. The highest BCUT2D eigenvalue weighted by Crippen LogP contribution is 2.16. The number of ether oxygens (including phenoxy) is 1. The fourth-order valence-corrected chi connectivity index (χ4v) is 2.93. The molecule has 1 N–H and O–H groups in total. The van der Waals surface area contributed by atoms with Gasteiger partial charge in [-0.25, -0.2) is 4.98 Å². The summed E-state index contributed by atoms with van der Waals surface area (Å²) in [7, 11) is 0. The minimum atomic E-state index is -0.0318. The van der Waals surface area contributed by atoms with Crippen molar-refractivity contribution in [2.24, 2.45) is 5.41 Å². The van der Waals surface area contributed by atoms with Gasteiger partial charge in [0.1, 0.15) is 0 Å². The summed E-state index contributed by atoms with van der Waals surface area (Å²) in [5.74, 6) is 0.676. The molecule has 4 nitrogen and oxygen atoms in total.